The fourth-order valence-corrected chi connectivity index (χ4v) is 2.91. The molecule has 1 amide bonds. The average Bonchev–Trinajstić information content (AvgIpc) is 2.87. The van der Waals surface area contributed by atoms with Crippen molar-refractivity contribution >= 4 is 42.1 Å². The second-order valence-electron chi connectivity index (χ2n) is 4.85. The summed E-state index contributed by atoms with van der Waals surface area (Å²) < 4.78 is 5.24. The Balaban J connectivity index is 0.00000200. The first-order valence-corrected chi connectivity index (χ1v) is 7.54. The van der Waals surface area contributed by atoms with Gasteiger partial charge in [-0.05, 0) is 19.3 Å². The molecule has 2 heterocycles. The summed E-state index contributed by atoms with van der Waals surface area (Å²) in [6.45, 7) is 3.84. The first-order valence-electron chi connectivity index (χ1n) is 6.72. The van der Waals surface area contributed by atoms with E-state index >= 15 is 0 Å². The molecule has 1 aromatic heterocycles. The van der Waals surface area contributed by atoms with Crippen LogP contribution in [0.2, 0.25) is 0 Å². The van der Waals surface area contributed by atoms with Gasteiger partial charge in [0.15, 0.2) is 0 Å². The molecule has 5 nitrogen and oxygen atoms in total. The molecule has 0 unspecified atom stereocenters. The second-order valence-corrected chi connectivity index (χ2v) is 6.05. The van der Waals surface area contributed by atoms with Gasteiger partial charge in [0, 0.05) is 37.3 Å². The molecular weight excluding hydrogens is 333 g/mol. The number of hydrogen-bond donors (Lipinski definition) is 2. The van der Waals surface area contributed by atoms with Gasteiger partial charge in [0.2, 0.25) is 5.91 Å². The molecule has 0 bridgehead atoms. The Kier molecular flexibility index (Phi) is 9.40. The Morgan fingerprint density at radius 1 is 1.48 bits per heavy atom. The Hall–Kier alpha value is -0.400. The number of hydrogen-bond acceptors (Lipinski definition) is 5. The summed E-state index contributed by atoms with van der Waals surface area (Å²) in [6, 6.07) is 0. The number of nitrogens with zero attached hydrogens (tertiary/aromatic N) is 1. The lowest BCUT2D eigenvalue weighted by Gasteiger charge is -2.31. The minimum Gasteiger partial charge on any atom is -0.381 e. The fraction of sp³-hybridized carbons (Fsp3) is 0.692. The van der Waals surface area contributed by atoms with E-state index in [0.29, 0.717) is 32.6 Å². The average molecular weight is 356 g/mol. The Morgan fingerprint density at radius 3 is 2.71 bits per heavy atom. The molecule has 8 heteroatoms. The molecule has 1 aliphatic heterocycles. The van der Waals surface area contributed by atoms with Crippen LogP contribution in [0.5, 0.6) is 0 Å². The quantitative estimate of drug-likeness (QED) is 0.842. The largest absolute Gasteiger partial charge is 0.381 e. The lowest BCUT2D eigenvalue weighted by atomic mass is 9.90. The number of halogens is 2. The highest BCUT2D eigenvalue weighted by Gasteiger charge is 2.35. The van der Waals surface area contributed by atoms with Crippen molar-refractivity contribution in [2.45, 2.75) is 38.1 Å². The highest BCUT2D eigenvalue weighted by molar-refractivity contribution is 7.11. The van der Waals surface area contributed by atoms with Crippen LogP contribution in [0.1, 0.15) is 29.7 Å². The van der Waals surface area contributed by atoms with Crippen LogP contribution >= 0.6 is 36.2 Å². The molecule has 21 heavy (non-hydrogen) atoms. The van der Waals surface area contributed by atoms with Gasteiger partial charge in [-0.3, -0.25) is 4.79 Å². The molecule has 2 rings (SSSR count). The topological polar surface area (TPSA) is 77.2 Å². The molecule has 1 aromatic rings. The van der Waals surface area contributed by atoms with E-state index in [1.807, 2.05) is 6.20 Å². The number of carbonyl (C=O) groups excluding carboxylic acids is 1. The predicted octanol–water partition coefficient (Wildman–Crippen LogP) is 1.72. The van der Waals surface area contributed by atoms with Crippen molar-refractivity contribution in [3.05, 3.63) is 16.1 Å². The number of amides is 1. The molecule has 0 atom stereocenters. The third kappa shape index (κ3) is 5.71. The van der Waals surface area contributed by atoms with Gasteiger partial charge in [0.25, 0.3) is 0 Å². The van der Waals surface area contributed by atoms with Gasteiger partial charge in [-0.2, -0.15) is 0 Å². The normalized spacial score (nSPS) is 16.5. The molecule has 0 aromatic carbocycles. The number of aryl methyl sites for hydroxylation is 1. The fourth-order valence-electron chi connectivity index (χ4n) is 2.05. The van der Waals surface area contributed by atoms with Crippen LogP contribution in [0.25, 0.3) is 0 Å². The molecule has 0 radical (unpaired) electrons. The zero-order valence-electron chi connectivity index (χ0n) is 12.1. The van der Waals surface area contributed by atoms with Gasteiger partial charge in [-0.15, -0.1) is 36.2 Å². The third-order valence-corrected chi connectivity index (χ3v) is 4.61. The number of nitrogens with two attached hydrogens (primary N) is 1. The van der Waals surface area contributed by atoms with E-state index in [1.54, 1.807) is 11.3 Å². The number of rotatable bonds is 5. The lowest BCUT2D eigenvalue weighted by Crippen LogP contribution is -2.57. The van der Waals surface area contributed by atoms with E-state index < -0.39 is 5.54 Å². The number of nitrogens with one attached hydrogen (secondary N) is 1. The van der Waals surface area contributed by atoms with Crippen molar-refractivity contribution in [3.63, 3.8) is 0 Å². The van der Waals surface area contributed by atoms with Gasteiger partial charge < -0.3 is 15.8 Å². The Bertz CT molecular complexity index is 437. The summed E-state index contributed by atoms with van der Waals surface area (Å²) in [4.78, 5) is 17.7. The summed E-state index contributed by atoms with van der Waals surface area (Å²) in [6.07, 6.45) is 4.87. The van der Waals surface area contributed by atoms with Gasteiger partial charge in [-0.25, -0.2) is 4.98 Å². The summed E-state index contributed by atoms with van der Waals surface area (Å²) in [5.74, 6) is -0.0666. The van der Waals surface area contributed by atoms with Gasteiger partial charge in [0.1, 0.15) is 0 Å². The molecule has 0 spiro atoms. The van der Waals surface area contributed by atoms with Crippen molar-refractivity contribution in [2.75, 3.05) is 19.8 Å². The zero-order valence-corrected chi connectivity index (χ0v) is 14.5. The van der Waals surface area contributed by atoms with Crippen LogP contribution in [0.15, 0.2) is 6.20 Å². The Morgan fingerprint density at radius 2 is 2.14 bits per heavy atom. The van der Waals surface area contributed by atoms with E-state index in [0.717, 1.165) is 17.8 Å². The number of carbonyl (C=O) groups is 1. The van der Waals surface area contributed by atoms with Gasteiger partial charge in [0.05, 0.1) is 10.5 Å². The first-order chi connectivity index (χ1) is 9.14. The molecule has 1 saturated heterocycles. The van der Waals surface area contributed by atoms with Crippen molar-refractivity contribution in [1.29, 1.82) is 0 Å². The van der Waals surface area contributed by atoms with E-state index in [-0.39, 0.29) is 30.7 Å². The number of aromatic nitrogens is 1. The van der Waals surface area contributed by atoms with Crippen LogP contribution in [-0.2, 0) is 22.4 Å². The van der Waals surface area contributed by atoms with E-state index in [1.165, 1.54) is 4.88 Å². The van der Waals surface area contributed by atoms with Crippen LogP contribution in [0.3, 0.4) is 0 Å². The first kappa shape index (κ1) is 20.6. The maximum Gasteiger partial charge on any atom is 0.240 e. The minimum absolute atomic E-state index is 0. The highest BCUT2D eigenvalue weighted by atomic mass is 35.5. The molecule has 1 aliphatic rings. The molecule has 122 valence electrons. The second kappa shape index (κ2) is 9.58. The van der Waals surface area contributed by atoms with Crippen molar-refractivity contribution in [3.8, 4) is 0 Å². The summed E-state index contributed by atoms with van der Waals surface area (Å²) in [7, 11) is 0. The number of ether oxygens (including phenoxy) is 1. The Labute approximate surface area is 141 Å². The van der Waals surface area contributed by atoms with Crippen LogP contribution in [-0.4, -0.2) is 36.2 Å². The van der Waals surface area contributed by atoms with Crippen LogP contribution < -0.4 is 11.1 Å². The van der Waals surface area contributed by atoms with Gasteiger partial charge >= 0.3 is 0 Å². The standard InChI is InChI=1S/C13H21N3O2S.2ClH/c1-2-10-9-16-11(19-10)3-6-15-12(17)13(14)4-7-18-8-5-13;;/h9H,2-8,14H2,1H3,(H,15,17);2*1H. The molecule has 1 fully saturated rings. The van der Waals surface area contributed by atoms with E-state index in [4.69, 9.17) is 10.5 Å². The maximum atomic E-state index is 12.1. The summed E-state index contributed by atoms with van der Waals surface area (Å²) >= 11 is 1.71. The van der Waals surface area contributed by atoms with E-state index in [2.05, 4.69) is 17.2 Å². The molecule has 3 N–H and O–H groups in total. The summed E-state index contributed by atoms with van der Waals surface area (Å²) in [5, 5.41) is 3.98. The predicted molar refractivity (Wildman–Crippen MR) is 89.7 cm³/mol. The lowest BCUT2D eigenvalue weighted by molar-refractivity contribution is -0.129. The zero-order chi connectivity index (χ0) is 13.7. The van der Waals surface area contributed by atoms with Crippen LogP contribution in [0.4, 0.5) is 0 Å². The highest BCUT2D eigenvalue weighted by Crippen LogP contribution is 2.18. The van der Waals surface area contributed by atoms with Crippen molar-refractivity contribution < 1.29 is 9.53 Å². The SMILES string of the molecule is CCc1cnc(CCNC(=O)C2(N)CCOCC2)s1.Cl.Cl. The van der Waals surface area contributed by atoms with Crippen LogP contribution in [0, 0.1) is 0 Å². The van der Waals surface area contributed by atoms with Crippen molar-refractivity contribution in [1.82, 2.24) is 10.3 Å². The molecular formula is C13H23Cl2N3O2S. The third-order valence-electron chi connectivity index (χ3n) is 3.41. The molecule has 0 saturated carbocycles. The minimum atomic E-state index is -0.754. The maximum absolute atomic E-state index is 12.1. The smallest absolute Gasteiger partial charge is 0.240 e. The number of thiazole rings is 1. The van der Waals surface area contributed by atoms with Gasteiger partial charge in [-0.1, -0.05) is 6.92 Å². The monoisotopic (exact) mass is 355 g/mol. The molecule has 0 aliphatic carbocycles. The van der Waals surface area contributed by atoms with E-state index in [9.17, 15) is 4.79 Å². The summed E-state index contributed by atoms with van der Waals surface area (Å²) in [5.41, 5.74) is 5.35. The van der Waals surface area contributed by atoms with Crippen molar-refractivity contribution in [2.24, 2.45) is 5.73 Å².